The molecule has 0 saturated carbocycles. The Morgan fingerprint density at radius 2 is 2.10 bits per heavy atom. The molecule has 0 spiro atoms. The summed E-state index contributed by atoms with van der Waals surface area (Å²) in [5.41, 5.74) is 0.214. The van der Waals surface area contributed by atoms with Gasteiger partial charge in [0.05, 0.1) is 10.6 Å². The number of rotatable bonds is 4. The summed E-state index contributed by atoms with van der Waals surface area (Å²) < 4.78 is 39.4. The average Bonchev–Trinajstić information content (AvgIpc) is 2.35. The second-order valence-electron chi connectivity index (χ2n) is 3.77. The molecule has 1 rings (SSSR count). The third-order valence-corrected chi connectivity index (χ3v) is 2.28. The molecule has 0 saturated heterocycles. The first-order chi connectivity index (χ1) is 9.23. The van der Waals surface area contributed by atoms with Crippen LogP contribution in [-0.2, 0) is 11.2 Å². The average molecular weight is 292 g/mol. The third kappa shape index (κ3) is 4.75. The maximum Gasteiger partial charge on any atom is 0.422 e. The number of alkyl halides is 3. The van der Waals surface area contributed by atoms with Crippen molar-refractivity contribution in [1.82, 2.24) is 0 Å². The SMILES string of the molecule is CCc1ccc(NC(=O)OCC(F)(F)F)cc1[N+](=O)[O-]. The van der Waals surface area contributed by atoms with Gasteiger partial charge in [-0.25, -0.2) is 4.79 Å². The van der Waals surface area contributed by atoms with Gasteiger partial charge in [0.15, 0.2) is 6.61 Å². The molecule has 1 amide bonds. The van der Waals surface area contributed by atoms with E-state index < -0.39 is 23.8 Å². The van der Waals surface area contributed by atoms with Crippen LogP contribution in [0.2, 0.25) is 0 Å². The minimum atomic E-state index is -4.63. The van der Waals surface area contributed by atoms with Crippen LogP contribution in [0.3, 0.4) is 0 Å². The maximum atomic E-state index is 11.8. The van der Waals surface area contributed by atoms with Crippen molar-refractivity contribution < 1.29 is 27.6 Å². The fourth-order valence-electron chi connectivity index (χ4n) is 1.41. The van der Waals surface area contributed by atoms with Crippen molar-refractivity contribution in [1.29, 1.82) is 0 Å². The molecule has 0 aliphatic carbocycles. The third-order valence-electron chi connectivity index (χ3n) is 2.28. The van der Waals surface area contributed by atoms with E-state index in [4.69, 9.17) is 0 Å². The molecular weight excluding hydrogens is 281 g/mol. The Morgan fingerprint density at radius 1 is 1.45 bits per heavy atom. The fraction of sp³-hybridized carbons (Fsp3) is 0.364. The lowest BCUT2D eigenvalue weighted by atomic mass is 10.1. The first-order valence-corrected chi connectivity index (χ1v) is 5.50. The van der Waals surface area contributed by atoms with E-state index in [1.165, 1.54) is 12.1 Å². The van der Waals surface area contributed by atoms with E-state index in [0.29, 0.717) is 12.0 Å². The molecule has 0 atom stereocenters. The van der Waals surface area contributed by atoms with Gasteiger partial charge in [0.2, 0.25) is 0 Å². The lowest BCUT2D eigenvalue weighted by molar-refractivity contribution is -0.385. The highest BCUT2D eigenvalue weighted by Crippen LogP contribution is 2.24. The zero-order valence-corrected chi connectivity index (χ0v) is 10.4. The summed E-state index contributed by atoms with van der Waals surface area (Å²) in [6.45, 7) is -0.0129. The van der Waals surface area contributed by atoms with Crippen LogP contribution < -0.4 is 5.32 Å². The zero-order chi connectivity index (χ0) is 15.3. The summed E-state index contributed by atoms with van der Waals surface area (Å²) >= 11 is 0. The predicted octanol–water partition coefficient (Wildman–Crippen LogP) is 3.27. The van der Waals surface area contributed by atoms with Crippen molar-refractivity contribution >= 4 is 17.5 Å². The number of nitrogens with one attached hydrogen (secondary N) is 1. The number of carbonyl (C=O) groups excluding carboxylic acids is 1. The van der Waals surface area contributed by atoms with Crippen molar-refractivity contribution in [3.05, 3.63) is 33.9 Å². The van der Waals surface area contributed by atoms with Gasteiger partial charge in [-0.05, 0) is 12.5 Å². The summed E-state index contributed by atoms with van der Waals surface area (Å²) in [6.07, 6.45) is -5.55. The number of hydrogen-bond donors (Lipinski definition) is 1. The minimum Gasteiger partial charge on any atom is -0.440 e. The van der Waals surface area contributed by atoms with Crippen LogP contribution >= 0.6 is 0 Å². The molecule has 20 heavy (non-hydrogen) atoms. The van der Waals surface area contributed by atoms with Crippen LogP contribution in [0, 0.1) is 10.1 Å². The Bertz CT molecular complexity index is 517. The normalized spacial score (nSPS) is 11.0. The Kier molecular flexibility index (Phi) is 4.89. The quantitative estimate of drug-likeness (QED) is 0.682. The van der Waals surface area contributed by atoms with E-state index in [9.17, 15) is 28.1 Å². The fourth-order valence-corrected chi connectivity index (χ4v) is 1.41. The number of nitro groups is 1. The van der Waals surface area contributed by atoms with Gasteiger partial charge in [-0.15, -0.1) is 0 Å². The van der Waals surface area contributed by atoms with E-state index >= 15 is 0 Å². The number of anilines is 1. The molecular formula is C11H11F3N2O4. The van der Waals surface area contributed by atoms with Gasteiger partial charge in [-0.1, -0.05) is 13.0 Å². The van der Waals surface area contributed by atoms with Gasteiger partial charge in [-0.2, -0.15) is 13.2 Å². The van der Waals surface area contributed by atoms with Gasteiger partial charge in [0.1, 0.15) is 0 Å². The van der Waals surface area contributed by atoms with E-state index in [2.05, 4.69) is 4.74 Å². The molecule has 6 nitrogen and oxygen atoms in total. The molecule has 0 unspecified atom stereocenters. The largest absolute Gasteiger partial charge is 0.440 e. The molecule has 0 aliphatic rings. The molecule has 0 radical (unpaired) electrons. The van der Waals surface area contributed by atoms with Crippen LogP contribution in [0.25, 0.3) is 0 Å². The van der Waals surface area contributed by atoms with Crippen LogP contribution in [-0.4, -0.2) is 23.8 Å². The first kappa shape index (κ1) is 15.7. The van der Waals surface area contributed by atoms with Crippen LogP contribution in [0.1, 0.15) is 12.5 Å². The first-order valence-electron chi connectivity index (χ1n) is 5.50. The number of nitro benzene ring substituents is 1. The number of hydrogen-bond acceptors (Lipinski definition) is 4. The van der Waals surface area contributed by atoms with E-state index in [1.807, 2.05) is 5.32 Å². The van der Waals surface area contributed by atoms with Gasteiger partial charge < -0.3 is 4.74 Å². The van der Waals surface area contributed by atoms with Gasteiger partial charge in [-0.3, -0.25) is 15.4 Å². The molecule has 9 heteroatoms. The highest BCUT2D eigenvalue weighted by Gasteiger charge is 2.29. The van der Waals surface area contributed by atoms with Crippen molar-refractivity contribution in [3.63, 3.8) is 0 Å². The molecule has 0 bridgehead atoms. The number of benzene rings is 1. The molecule has 0 fully saturated rings. The Labute approximate surface area is 111 Å². The summed E-state index contributed by atoms with van der Waals surface area (Å²) in [5.74, 6) is 0. The van der Waals surface area contributed by atoms with Crippen molar-refractivity contribution in [2.45, 2.75) is 19.5 Å². The highest BCUT2D eigenvalue weighted by atomic mass is 19.4. The number of amides is 1. The van der Waals surface area contributed by atoms with Crippen molar-refractivity contribution in [3.8, 4) is 0 Å². The second-order valence-corrected chi connectivity index (χ2v) is 3.77. The van der Waals surface area contributed by atoms with Crippen LogP contribution in [0.5, 0.6) is 0 Å². The van der Waals surface area contributed by atoms with Crippen molar-refractivity contribution in [2.75, 3.05) is 11.9 Å². The molecule has 0 aromatic heterocycles. The van der Waals surface area contributed by atoms with Crippen molar-refractivity contribution in [2.24, 2.45) is 0 Å². The number of nitrogens with zero attached hydrogens (tertiary/aromatic N) is 1. The maximum absolute atomic E-state index is 11.8. The molecule has 0 aliphatic heterocycles. The van der Waals surface area contributed by atoms with E-state index in [0.717, 1.165) is 6.07 Å². The molecule has 0 heterocycles. The lowest BCUT2D eigenvalue weighted by Crippen LogP contribution is -2.23. The standard InChI is InChI=1S/C11H11F3N2O4/c1-2-7-3-4-8(5-9(7)16(18)19)15-10(17)20-6-11(12,13)14/h3-5H,2,6H2,1H3,(H,15,17). The number of carbonyl (C=O) groups is 1. The Morgan fingerprint density at radius 3 is 2.60 bits per heavy atom. The monoisotopic (exact) mass is 292 g/mol. The predicted molar refractivity (Wildman–Crippen MR) is 63.5 cm³/mol. The summed E-state index contributed by atoms with van der Waals surface area (Å²) in [4.78, 5) is 21.2. The van der Waals surface area contributed by atoms with Gasteiger partial charge >= 0.3 is 12.3 Å². The number of halogens is 3. The summed E-state index contributed by atoms with van der Waals surface area (Å²) in [7, 11) is 0. The zero-order valence-electron chi connectivity index (χ0n) is 10.4. The second kappa shape index (κ2) is 6.22. The topological polar surface area (TPSA) is 81.5 Å². The van der Waals surface area contributed by atoms with Crippen LogP contribution in [0.15, 0.2) is 18.2 Å². The number of aryl methyl sites for hydroxylation is 1. The lowest BCUT2D eigenvalue weighted by Gasteiger charge is -2.09. The Hall–Kier alpha value is -2.32. The summed E-state index contributed by atoms with van der Waals surface area (Å²) in [5, 5.41) is 12.8. The molecule has 1 aromatic carbocycles. The van der Waals surface area contributed by atoms with E-state index in [-0.39, 0.29) is 11.4 Å². The number of ether oxygens (including phenoxy) is 1. The molecule has 110 valence electrons. The summed E-state index contributed by atoms with van der Waals surface area (Å²) in [6, 6.07) is 3.83. The van der Waals surface area contributed by atoms with Gasteiger partial charge in [0, 0.05) is 11.6 Å². The smallest absolute Gasteiger partial charge is 0.422 e. The van der Waals surface area contributed by atoms with E-state index in [1.54, 1.807) is 6.92 Å². The molecule has 1 aromatic rings. The molecule has 1 N–H and O–H groups in total. The minimum absolute atomic E-state index is 0.0129. The van der Waals surface area contributed by atoms with Crippen LogP contribution in [0.4, 0.5) is 29.3 Å². The van der Waals surface area contributed by atoms with Gasteiger partial charge in [0.25, 0.3) is 5.69 Å². The highest BCUT2D eigenvalue weighted by molar-refractivity contribution is 5.85. The Balaban J connectivity index is 2.76.